The maximum atomic E-state index is 11.7. The molecule has 0 amide bonds. The Morgan fingerprint density at radius 3 is 2.74 bits per heavy atom. The van der Waals surface area contributed by atoms with Crippen LogP contribution in [0.25, 0.3) is 10.9 Å². The van der Waals surface area contributed by atoms with Gasteiger partial charge in [0.25, 0.3) is 0 Å². The van der Waals surface area contributed by atoms with Crippen LogP contribution < -0.4 is 15.4 Å². The molecule has 2 N–H and O–H groups in total. The van der Waals surface area contributed by atoms with Crippen molar-refractivity contribution in [1.82, 2.24) is 20.2 Å². The zero-order chi connectivity index (χ0) is 21.6. The highest BCUT2D eigenvalue weighted by Crippen LogP contribution is 2.34. The zero-order valence-corrected chi connectivity index (χ0v) is 17.5. The summed E-state index contributed by atoms with van der Waals surface area (Å²) in [5.41, 5.74) is 1.61. The predicted octanol–water partition coefficient (Wildman–Crippen LogP) is 3.00. The van der Waals surface area contributed by atoms with Crippen molar-refractivity contribution in [3.63, 3.8) is 0 Å². The third-order valence-electron chi connectivity index (χ3n) is 5.44. The molecule has 1 atom stereocenters. The number of anilines is 1. The maximum Gasteiger partial charge on any atom is 0.311 e. The van der Waals surface area contributed by atoms with E-state index in [1.807, 2.05) is 37.3 Å². The first-order chi connectivity index (χ1) is 15.1. The van der Waals surface area contributed by atoms with Crippen molar-refractivity contribution in [3.8, 4) is 5.75 Å². The summed E-state index contributed by atoms with van der Waals surface area (Å²) in [6, 6.07) is 13.1. The van der Waals surface area contributed by atoms with E-state index in [4.69, 9.17) is 4.74 Å². The lowest BCUT2D eigenvalue weighted by atomic mass is 10.1. The Balaban J connectivity index is 1.56. The van der Waals surface area contributed by atoms with Crippen molar-refractivity contribution in [2.24, 2.45) is 0 Å². The molecule has 0 aliphatic carbocycles. The van der Waals surface area contributed by atoms with Gasteiger partial charge in [-0.15, -0.1) is 0 Å². The molecule has 9 heteroatoms. The molecule has 2 heterocycles. The summed E-state index contributed by atoms with van der Waals surface area (Å²) in [7, 11) is 0. The van der Waals surface area contributed by atoms with Crippen LogP contribution in [0.3, 0.4) is 0 Å². The summed E-state index contributed by atoms with van der Waals surface area (Å²) in [5, 5.41) is 19.0. The standard InChI is InChI=1S/C22H26N6O3/c1-16(17-5-3-2-4-6-17)26-22-18-13-20(28(29)30)21(14-19(18)24-15-25-22)31-12-11-27-9-7-23-8-10-27/h2-6,13-16,23H,7-12H2,1H3,(H,24,25,26). The van der Waals surface area contributed by atoms with Crippen molar-refractivity contribution in [1.29, 1.82) is 0 Å². The number of ether oxygens (including phenoxy) is 1. The normalized spacial score (nSPS) is 15.5. The highest BCUT2D eigenvalue weighted by molar-refractivity contribution is 5.92. The Bertz CT molecular complexity index is 1040. The van der Waals surface area contributed by atoms with Gasteiger partial charge in [-0.2, -0.15) is 0 Å². The molecule has 31 heavy (non-hydrogen) atoms. The summed E-state index contributed by atoms with van der Waals surface area (Å²) in [6.45, 7) is 6.92. The van der Waals surface area contributed by atoms with Gasteiger partial charge in [0.05, 0.1) is 10.4 Å². The number of hydrogen-bond donors (Lipinski definition) is 2. The Morgan fingerprint density at radius 1 is 1.23 bits per heavy atom. The van der Waals surface area contributed by atoms with E-state index in [0.717, 1.165) is 38.3 Å². The van der Waals surface area contributed by atoms with Gasteiger partial charge in [-0.3, -0.25) is 15.0 Å². The fraction of sp³-hybridized carbons (Fsp3) is 0.364. The molecule has 1 saturated heterocycles. The largest absolute Gasteiger partial charge is 0.485 e. The van der Waals surface area contributed by atoms with E-state index in [2.05, 4.69) is 25.5 Å². The number of benzene rings is 2. The molecule has 1 fully saturated rings. The molecule has 3 aromatic rings. The van der Waals surface area contributed by atoms with E-state index >= 15 is 0 Å². The first-order valence-electron chi connectivity index (χ1n) is 10.4. The van der Waals surface area contributed by atoms with Gasteiger partial charge in [-0.1, -0.05) is 30.3 Å². The summed E-state index contributed by atoms with van der Waals surface area (Å²) < 4.78 is 5.82. The highest BCUT2D eigenvalue weighted by atomic mass is 16.6. The van der Waals surface area contributed by atoms with Gasteiger partial charge in [0.15, 0.2) is 5.75 Å². The van der Waals surface area contributed by atoms with E-state index in [1.165, 1.54) is 12.4 Å². The predicted molar refractivity (Wildman–Crippen MR) is 119 cm³/mol. The lowest BCUT2D eigenvalue weighted by Crippen LogP contribution is -2.44. The monoisotopic (exact) mass is 422 g/mol. The molecule has 1 aromatic heterocycles. The second-order valence-electron chi connectivity index (χ2n) is 7.53. The fourth-order valence-corrected chi connectivity index (χ4v) is 3.70. The van der Waals surface area contributed by atoms with Crippen LogP contribution in [-0.2, 0) is 0 Å². The minimum atomic E-state index is -0.420. The lowest BCUT2D eigenvalue weighted by Gasteiger charge is -2.26. The van der Waals surface area contributed by atoms with Crippen molar-refractivity contribution in [2.75, 3.05) is 44.6 Å². The number of rotatable bonds is 8. The van der Waals surface area contributed by atoms with Gasteiger partial charge >= 0.3 is 5.69 Å². The molecule has 1 aliphatic rings. The molecule has 162 valence electrons. The molecule has 4 rings (SSSR count). The average Bonchev–Trinajstić information content (AvgIpc) is 2.80. The van der Waals surface area contributed by atoms with Crippen molar-refractivity contribution >= 4 is 22.4 Å². The zero-order valence-electron chi connectivity index (χ0n) is 17.5. The number of hydrogen-bond acceptors (Lipinski definition) is 8. The van der Waals surface area contributed by atoms with Gasteiger partial charge in [0, 0.05) is 56.3 Å². The number of nitro groups is 1. The van der Waals surface area contributed by atoms with Crippen LogP contribution in [0.5, 0.6) is 5.75 Å². The summed E-state index contributed by atoms with van der Waals surface area (Å²) in [4.78, 5) is 22.2. The summed E-state index contributed by atoms with van der Waals surface area (Å²) >= 11 is 0. The van der Waals surface area contributed by atoms with Crippen molar-refractivity contribution in [3.05, 3.63) is 64.5 Å². The van der Waals surface area contributed by atoms with Gasteiger partial charge < -0.3 is 15.4 Å². The van der Waals surface area contributed by atoms with E-state index in [-0.39, 0.29) is 17.5 Å². The lowest BCUT2D eigenvalue weighted by molar-refractivity contribution is -0.385. The Hall–Kier alpha value is -3.30. The summed E-state index contributed by atoms with van der Waals surface area (Å²) in [5.74, 6) is 0.783. The second-order valence-corrected chi connectivity index (χ2v) is 7.53. The van der Waals surface area contributed by atoms with E-state index in [0.29, 0.717) is 23.3 Å². The highest BCUT2D eigenvalue weighted by Gasteiger charge is 2.20. The minimum absolute atomic E-state index is 0.0201. The molecule has 0 saturated carbocycles. The average molecular weight is 422 g/mol. The van der Waals surface area contributed by atoms with Crippen LogP contribution in [0.1, 0.15) is 18.5 Å². The van der Waals surface area contributed by atoms with Crippen molar-refractivity contribution in [2.45, 2.75) is 13.0 Å². The number of piperazine rings is 1. The van der Waals surface area contributed by atoms with Gasteiger partial charge in [0.1, 0.15) is 18.8 Å². The Labute approximate surface area is 180 Å². The molecule has 0 spiro atoms. The molecule has 0 radical (unpaired) electrons. The molecule has 1 aliphatic heterocycles. The maximum absolute atomic E-state index is 11.7. The fourth-order valence-electron chi connectivity index (χ4n) is 3.70. The SMILES string of the molecule is CC(Nc1ncnc2cc(OCCN3CCNCC3)c([N+](=O)[O-])cc12)c1ccccc1. The minimum Gasteiger partial charge on any atom is -0.485 e. The van der Waals surface area contributed by atoms with Crippen LogP contribution in [-0.4, -0.2) is 59.1 Å². The quantitative estimate of drug-likeness (QED) is 0.422. The van der Waals surface area contributed by atoms with Crippen molar-refractivity contribution < 1.29 is 9.66 Å². The van der Waals surface area contributed by atoms with Crippen LogP contribution in [0, 0.1) is 10.1 Å². The molecule has 1 unspecified atom stereocenters. The number of aromatic nitrogens is 2. The number of nitrogens with one attached hydrogen (secondary N) is 2. The Morgan fingerprint density at radius 2 is 2.00 bits per heavy atom. The molecule has 2 aromatic carbocycles. The van der Waals surface area contributed by atoms with Gasteiger partial charge in [0.2, 0.25) is 0 Å². The topological polar surface area (TPSA) is 105 Å². The number of fused-ring (bicyclic) bond motifs is 1. The van der Waals surface area contributed by atoms with E-state index in [9.17, 15) is 10.1 Å². The molecule has 9 nitrogen and oxygen atoms in total. The molecular formula is C22H26N6O3. The molecule has 0 bridgehead atoms. The van der Waals surface area contributed by atoms with E-state index in [1.54, 1.807) is 6.07 Å². The van der Waals surface area contributed by atoms with Crippen LogP contribution >= 0.6 is 0 Å². The molecular weight excluding hydrogens is 396 g/mol. The van der Waals surface area contributed by atoms with Crippen LogP contribution in [0.4, 0.5) is 11.5 Å². The van der Waals surface area contributed by atoms with Crippen LogP contribution in [0.15, 0.2) is 48.8 Å². The van der Waals surface area contributed by atoms with Gasteiger partial charge in [-0.25, -0.2) is 9.97 Å². The number of nitrogens with zero attached hydrogens (tertiary/aromatic N) is 4. The Kier molecular flexibility index (Phi) is 6.54. The van der Waals surface area contributed by atoms with E-state index < -0.39 is 4.92 Å². The second kappa shape index (κ2) is 9.67. The first-order valence-corrected chi connectivity index (χ1v) is 10.4. The smallest absolute Gasteiger partial charge is 0.311 e. The number of nitro benzene ring substituents is 1. The third kappa shape index (κ3) is 5.07. The first kappa shape index (κ1) is 21.0. The van der Waals surface area contributed by atoms with Gasteiger partial charge in [-0.05, 0) is 12.5 Å². The third-order valence-corrected chi connectivity index (χ3v) is 5.44. The summed E-state index contributed by atoms with van der Waals surface area (Å²) in [6.07, 6.45) is 1.46. The van der Waals surface area contributed by atoms with Crippen LogP contribution in [0.2, 0.25) is 0 Å².